The Morgan fingerprint density at radius 3 is 2.19 bits per heavy atom. The molecule has 0 unspecified atom stereocenters. The predicted octanol–water partition coefficient (Wildman–Crippen LogP) is 4.32. The van der Waals surface area contributed by atoms with E-state index in [1.165, 1.54) is 6.07 Å². The molecule has 0 radical (unpaired) electrons. The minimum absolute atomic E-state index is 0.101. The summed E-state index contributed by atoms with van der Waals surface area (Å²) in [6, 6.07) is 21.4. The van der Waals surface area contributed by atoms with Gasteiger partial charge in [-0.2, -0.15) is 0 Å². The maximum Gasteiger partial charge on any atom is 0.269 e. The first-order valence-corrected chi connectivity index (χ1v) is 10.1. The minimum atomic E-state index is -0.631. The average Bonchev–Trinajstić information content (AvgIpc) is 2.78. The molecule has 0 saturated carbocycles. The molecule has 0 aliphatic carbocycles. The molecule has 0 fully saturated rings. The number of carbonyl (C=O) groups is 3. The first-order chi connectivity index (χ1) is 14.9. The maximum absolute atomic E-state index is 12.7. The van der Waals surface area contributed by atoms with E-state index in [4.69, 9.17) is 23.2 Å². The van der Waals surface area contributed by atoms with Gasteiger partial charge in [-0.05, 0) is 35.9 Å². The quantitative estimate of drug-likeness (QED) is 0.483. The molecule has 3 amide bonds. The van der Waals surface area contributed by atoms with Gasteiger partial charge in [0.15, 0.2) is 0 Å². The number of carbonyl (C=O) groups excluding carboxylic acids is 3. The third-order valence-electron chi connectivity index (χ3n) is 4.42. The van der Waals surface area contributed by atoms with Crippen molar-refractivity contribution < 1.29 is 14.4 Å². The van der Waals surface area contributed by atoms with Crippen molar-refractivity contribution in [2.24, 2.45) is 0 Å². The van der Waals surface area contributed by atoms with Gasteiger partial charge in [0, 0.05) is 10.6 Å². The molecular weight excluding hydrogens is 437 g/mol. The van der Waals surface area contributed by atoms with Crippen LogP contribution >= 0.6 is 23.2 Å². The lowest BCUT2D eigenvalue weighted by molar-refractivity contribution is -0.122. The Labute approximate surface area is 189 Å². The zero-order chi connectivity index (χ0) is 22.2. The maximum atomic E-state index is 12.7. The average molecular weight is 456 g/mol. The fourth-order valence-electron chi connectivity index (χ4n) is 2.88. The van der Waals surface area contributed by atoms with Gasteiger partial charge < -0.3 is 5.32 Å². The molecule has 0 saturated heterocycles. The largest absolute Gasteiger partial charge is 0.345 e. The SMILES string of the molecule is O=C(C[C@@H](NC(=O)c1ccccc1Cl)c1ccccc1)NNC(=O)c1cccc(Cl)c1. The first kappa shape index (κ1) is 22.3. The molecule has 8 heteroatoms. The summed E-state index contributed by atoms with van der Waals surface area (Å²) in [5.74, 6) is -1.40. The van der Waals surface area contributed by atoms with E-state index < -0.39 is 23.8 Å². The van der Waals surface area contributed by atoms with Crippen LogP contribution in [0.15, 0.2) is 78.9 Å². The Morgan fingerprint density at radius 1 is 0.774 bits per heavy atom. The normalized spacial score (nSPS) is 11.3. The fraction of sp³-hybridized carbons (Fsp3) is 0.0870. The molecule has 3 aromatic carbocycles. The standard InChI is InChI=1S/C23H19Cl2N3O3/c24-17-10-6-9-16(13-17)22(30)28-27-21(29)14-20(15-7-2-1-3-8-15)26-23(31)18-11-4-5-12-19(18)25/h1-13,20H,14H2,(H,26,31)(H,27,29)(H,28,30)/t20-/m1/s1. The van der Waals surface area contributed by atoms with Gasteiger partial charge in [-0.1, -0.05) is 71.7 Å². The van der Waals surface area contributed by atoms with E-state index in [0.717, 1.165) is 5.56 Å². The monoisotopic (exact) mass is 455 g/mol. The van der Waals surface area contributed by atoms with Crippen LogP contribution in [0.4, 0.5) is 0 Å². The summed E-state index contributed by atoms with van der Waals surface area (Å²) < 4.78 is 0. The van der Waals surface area contributed by atoms with Crippen molar-refractivity contribution in [1.82, 2.24) is 16.2 Å². The smallest absolute Gasteiger partial charge is 0.269 e. The van der Waals surface area contributed by atoms with Crippen LogP contribution in [0.3, 0.4) is 0 Å². The van der Waals surface area contributed by atoms with Crippen molar-refractivity contribution in [2.45, 2.75) is 12.5 Å². The van der Waals surface area contributed by atoms with E-state index in [9.17, 15) is 14.4 Å². The van der Waals surface area contributed by atoms with Crippen LogP contribution in [0.25, 0.3) is 0 Å². The van der Waals surface area contributed by atoms with E-state index in [-0.39, 0.29) is 6.42 Å². The Hall–Kier alpha value is -3.35. The van der Waals surface area contributed by atoms with Crippen LogP contribution in [-0.4, -0.2) is 17.7 Å². The lowest BCUT2D eigenvalue weighted by atomic mass is 10.0. The molecule has 0 aliphatic heterocycles. The van der Waals surface area contributed by atoms with E-state index >= 15 is 0 Å². The molecule has 0 bridgehead atoms. The van der Waals surface area contributed by atoms with Crippen molar-refractivity contribution >= 4 is 40.9 Å². The second kappa shape index (κ2) is 10.6. The molecule has 0 aromatic heterocycles. The highest BCUT2D eigenvalue weighted by Crippen LogP contribution is 2.20. The number of hydrogen-bond acceptors (Lipinski definition) is 3. The highest BCUT2D eigenvalue weighted by molar-refractivity contribution is 6.33. The molecule has 0 spiro atoms. The summed E-state index contributed by atoms with van der Waals surface area (Å²) in [5.41, 5.74) is 6.06. The Morgan fingerprint density at radius 2 is 1.48 bits per heavy atom. The summed E-state index contributed by atoms with van der Waals surface area (Å²) in [6.45, 7) is 0. The van der Waals surface area contributed by atoms with Crippen LogP contribution in [0.1, 0.15) is 38.7 Å². The van der Waals surface area contributed by atoms with Crippen LogP contribution in [0.5, 0.6) is 0 Å². The van der Waals surface area contributed by atoms with Gasteiger partial charge in [-0.25, -0.2) is 0 Å². The second-order valence-electron chi connectivity index (χ2n) is 6.63. The Balaban J connectivity index is 1.67. The van der Waals surface area contributed by atoms with E-state index in [0.29, 0.717) is 21.2 Å². The van der Waals surface area contributed by atoms with Crippen molar-refractivity contribution in [2.75, 3.05) is 0 Å². The van der Waals surface area contributed by atoms with Crippen molar-refractivity contribution in [3.8, 4) is 0 Å². The van der Waals surface area contributed by atoms with Gasteiger partial charge in [0.05, 0.1) is 23.0 Å². The summed E-state index contributed by atoms with van der Waals surface area (Å²) in [5, 5.41) is 3.55. The predicted molar refractivity (Wildman–Crippen MR) is 120 cm³/mol. The van der Waals surface area contributed by atoms with Gasteiger partial charge in [0.1, 0.15) is 0 Å². The van der Waals surface area contributed by atoms with E-state index in [1.807, 2.05) is 18.2 Å². The van der Waals surface area contributed by atoms with Crippen LogP contribution in [0.2, 0.25) is 10.0 Å². The summed E-state index contributed by atoms with van der Waals surface area (Å²) in [6.07, 6.45) is -0.101. The summed E-state index contributed by atoms with van der Waals surface area (Å²) in [4.78, 5) is 37.4. The molecule has 3 aromatic rings. The van der Waals surface area contributed by atoms with Gasteiger partial charge >= 0.3 is 0 Å². The molecule has 3 N–H and O–H groups in total. The lowest BCUT2D eigenvalue weighted by Crippen LogP contribution is -2.43. The van der Waals surface area contributed by atoms with Crippen LogP contribution < -0.4 is 16.2 Å². The number of hydrogen-bond donors (Lipinski definition) is 3. The lowest BCUT2D eigenvalue weighted by Gasteiger charge is -2.19. The molecule has 1 atom stereocenters. The van der Waals surface area contributed by atoms with Crippen molar-refractivity contribution in [1.29, 1.82) is 0 Å². The summed E-state index contributed by atoms with van der Waals surface area (Å²) in [7, 11) is 0. The van der Waals surface area contributed by atoms with E-state index in [1.54, 1.807) is 54.6 Å². The Bertz CT molecular complexity index is 1090. The van der Waals surface area contributed by atoms with Crippen LogP contribution in [0, 0.1) is 0 Å². The molecule has 31 heavy (non-hydrogen) atoms. The number of hydrazine groups is 1. The van der Waals surface area contributed by atoms with Crippen molar-refractivity contribution in [3.05, 3.63) is 106 Å². The third kappa shape index (κ3) is 6.31. The van der Waals surface area contributed by atoms with Gasteiger partial charge in [0.25, 0.3) is 11.8 Å². The number of nitrogens with one attached hydrogen (secondary N) is 3. The molecule has 0 aliphatic rings. The molecule has 0 heterocycles. The zero-order valence-electron chi connectivity index (χ0n) is 16.3. The minimum Gasteiger partial charge on any atom is -0.345 e. The first-order valence-electron chi connectivity index (χ1n) is 9.39. The van der Waals surface area contributed by atoms with Gasteiger partial charge in [0.2, 0.25) is 5.91 Å². The Kier molecular flexibility index (Phi) is 7.65. The zero-order valence-corrected chi connectivity index (χ0v) is 17.8. The fourth-order valence-corrected chi connectivity index (χ4v) is 3.30. The molecular formula is C23H19Cl2N3O3. The third-order valence-corrected chi connectivity index (χ3v) is 4.98. The number of benzene rings is 3. The number of rotatable bonds is 6. The van der Waals surface area contributed by atoms with Crippen LogP contribution in [-0.2, 0) is 4.79 Å². The molecule has 3 rings (SSSR count). The van der Waals surface area contributed by atoms with Crippen molar-refractivity contribution in [3.63, 3.8) is 0 Å². The van der Waals surface area contributed by atoms with Gasteiger partial charge in [-0.3, -0.25) is 25.2 Å². The topological polar surface area (TPSA) is 87.3 Å². The molecule has 158 valence electrons. The highest BCUT2D eigenvalue weighted by atomic mass is 35.5. The van der Waals surface area contributed by atoms with Gasteiger partial charge in [-0.15, -0.1) is 0 Å². The second-order valence-corrected chi connectivity index (χ2v) is 7.48. The molecule has 6 nitrogen and oxygen atoms in total. The summed E-state index contributed by atoms with van der Waals surface area (Å²) >= 11 is 12.0. The highest BCUT2D eigenvalue weighted by Gasteiger charge is 2.21. The number of halogens is 2. The number of amides is 3. The van der Waals surface area contributed by atoms with E-state index in [2.05, 4.69) is 16.2 Å².